The summed E-state index contributed by atoms with van der Waals surface area (Å²) in [5.74, 6) is 0.0922. The van der Waals surface area contributed by atoms with Gasteiger partial charge in [0.25, 0.3) is 0 Å². The number of halogens is 1. The first-order valence-electron chi connectivity index (χ1n) is 9.91. The van der Waals surface area contributed by atoms with E-state index in [0.29, 0.717) is 13.0 Å². The van der Waals surface area contributed by atoms with Crippen molar-refractivity contribution in [1.82, 2.24) is 0 Å². The predicted molar refractivity (Wildman–Crippen MR) is 86.0 cm³/mol. The van der Waals surface area contributed by atoms with E-state index in [1.807, 2.05) is 13.8 Å². The van der Waals surface area contributed by atoms with E-state index in [1.54, 1.807) is 0 Å². The minimum Gasteiger partial charge on any atom is -0.458 e. The van der Waals surface area contributed by atoms with Gasteiger partial charge in [-0.1, -0.05) is 20.8 Å². The fraction of sp³-hybridized carbons (Fsp3) is 0.850. The number of carbonyl (C=O) groups is 1. The molecule has 4 heterocycles. The number of epoxide rings is 3. The van der Waals surface area contributed by atoms with Gasteiger partial charge in [-0.3, -0.25) is 0 Å². The Labute approximate surface area is 151 Å². The van der Waals surface area contributed by atoms with Crippen molar-refractivity contribution >= 4 is 5.97 Å². The van der Waals surface area contributed by atoms with Gasteiger partial charge in [0.2, 0.25) is 0 Å². The molecule has 26 heavy (non-hydrogen) atoms. The molecule has 3 saturated heterocycles. The maximum Gasteiger partial charge on any atom is 0.334 e. The average molecular weight is 362 g/mol. The van der Waals surface area contributed by atoms with Crippen LogP contribution in [0.2, 0.25) is 0 Å². The molecule has 0 aromatic heterocycles. The minimum absolute atomic E-state index is 0.0881. The van der Waals surface area contributed by atoms with E-state index in [2.05, 4.69) is 6.92 Å². The Morgan fingerprint density at radius 1 is 1.19 bits per heavy atom. The lowest BCUT2D eigenvalue weighted by Gasteiger charge is -2.52. The standard InChI is InChI=1S/C20H23FO5/c1-8(2)18-13(25-18)14-20(26-14)17(3)5-4-9-10(7-23-15(9)22)11(17)6-12-19(20,24-12)16(18)21/h8,11-14,16H,4-7H2,1-3H3/t11-,12-,13-,14+,16-,17-,18-,19+,20+/m0/s1. The van der Waals surface area contributed by atoms with Gasteiger partial charge in [-0.25, -0.2) is 9.18 Å². The average Bonchev–Trinajstić information content (AvgIpc) is 3.47. The highest BCUT2D eigenvalue weighted by molar-refractivity contribution is 5.92. The van der Waals surface area contributed by atoms with Gasteiger partial charge in [-0.05, 0) is 36.7 Å². The topological polar surface area (TPSA) is 63.9 Å². The number of hydrogen-bond acceptors (Lipinski definition) is 5. The Morgan fingerprint density at radius 3 is 2.77 bits per heavy atom. The molecule has 7 rings (SSSR count). The van der Waals surface area contributed by atoms with Crippen molar-refractivity contribution in [3.63, 3.8) is 0 Å². The number of cyclic esters (lactones) is 1. The molecule has 0 unspecified atom stereocenters. The highest BCUT2D eigenvalue weighted by atomic mass is 19.1. The lowest BCUT2D eigenvalue weighted by Crippen LogP contribution is -2.68. The summed E-state index contributed by atoms with van der Waals surface area (Å²) in [6, 6.07) is 0. The van der Waals surface area contributed by atoms with Gasteiger partial charge in [0.1, 0.15) is 30.0 Å². The first-order chi connectivity index (χ1) is 12.3. The van der Waals surface area contributed by atoms with E-state index >= 15 is 4.39 Å². The molecule has 2 saturated carbocycles. The van der Waals surface area contributed by atoms with Crippen molar-refractivity contribution < 1.29 is 28.1 Å². The first-order valence-corrected chi connectivity index (χ1v) is 9.91. The van der Waals surface area contributed by atoms with Gasteiger partial charge < -0.3 is 18.9 Å². The van der Waals surface area contributed by atoms with Crippen LogP contribution < -0.4 is 0 Å². The summed E-state index contributed by atoms with van der Waals surface area (Å²) >= 11 is 0. The van der Waals surface area contributed by atoms with Crippen LogP contribution in [0.5, 0.6) is 0 Å². The molecule has 0 amide bonds. The molecule has 0 N–H and O–H groups in total. The molecule has 9 atom stereocenters. The molecule has 0 aromatic carbocycles. The Balaban J connectivity index is 1.39. The lowest BCUT2D eigenvalue weighted by molar-refractivity contribution is -0.136. The smallest absolute Gasteiger partial charge is 0.334 e. The van der Waals surface area contributed by atoms with Gasteiger partial charge in [0.15, 0.2) is 11.8 Å². The van der Waals surface area contributed by atoms with Crippen molar-refractivity contribution in [3.8, 4) is 0 Å². The van der Waals surface area contributed by atoms with Crippen molar-refractivity contribution in [2.75, 3.05) is 6.61 Å². The van der Waals surface area contributed by atoms with Crippen LogP contribution in [0.4, 0.5) is 4.39 Å². The molecule has 0 bridgehead atoms. The van der Waals surface area contributed by atoms with E-state index in [0.717, 1.165) is 24.0 Å². The maximum atomic E-state index is 16.0. The molecule has 5 nitrogen and oxygen atoms in total. The van der Waals surface area contributed by atoms with Crippen molar-refractivity contribution in [1.29, 1.82) is 0 Å². The van der Waals surface area contributed by atoms with Crippen LogP contribution in [0.1, 0.15) is 40.0 Å². The molecule has 0 aromatic rings. The summed E-state index contributed by atoms with van der Waals surface area (Å²) in [7, 11) is 0. The van der Waals surface area contributed by atoms with E-state index in [9.17, 15) is 4.79 Å². The van der Waals surface area contributed by atoms with Crippen molar-refractivity contribution in [3.05, 3.63) is 11.1 Å². The monoisotopic (exact) mass is 362 g/mol. The van der Waals surface area contributed by atoms with Crippen LogP contribution in [0.3, 0.4) is 0 Å². The number of hydrogen-bond donors (Lipinski definition) is 0. The van der Waals surface area contributed by atoms with Gasteiger partial charge in [-0.15, -0.1) is 0 Å². The van der Waals surface area contributed by atoms with Gasteiger partial charge in [0, 0.05) is 11.0 Å². The molecule has 6 heteroatoms. The van der Waals surface area contributed by atoms with Crippen molar-refractivity contribution in [2.45, 2.75) is 81.3 Å². The highest BCUT2D eigenvalue weighted by Crippen LogP contribution is 2.83. The number of carbonyl (C=O) groups excluding carboxylic acids is 1. The summed E-state index contributed by atoms with van der Waals surface area (Å²) in [6.45, 7) is 6.66. The molecule has 0 radical (unpaired) electrons. The van der Waals surface area contributed by atoms with Crippen LogP contribution in [0.25, 0.3) is 0 Å². The molecule has 3 aliphatic carbocycles. The zero-order valence-corrected chi connectivity index (χ0v) is 15.2. The normalized spacial score (nSPS) is 63.1. The lowest BCUT2D eigenvalue weighted by atomic mass is 9.47. The predicted octanol–water partition coefficient (Wildman–Crippen LogP) is 2.08. The largest absolute Gasteiger partial charge is 0.458 e. The minimum atomic E-state index is -1.15. The summed E-state index contributed by atoms with van der Waals surface area (Å²) in [5.41, 5.74) is -0.492. The number of esters is 1. The van der Waals surface area contributed by atoms with E-state index in [1.165, 1.54) is 0 Å². The molecule has 2 spiro atoms. The van der Waals surface area contributed by atoms with E-state index in [-0.39, 0.29) is 41.5 Å². The fourth-order valence-corrected chi connectivity index (χ4v) is 7.63. The second-order valence-electron chi connectivity index (χ2n) is 9.87. The van der Waals surface area contributed by atoms with E-state index in [4.69, 9.17) is 18.9 Å². The van der Waals surface area contributed by atoms with E-state index < -0.39 is 23.0 Å². The quantitative estimate of drug-likeness (QED) is 0.528. The Hall–Kier alpha value is -0.980. The summed E-state index contributed by atoms with van der Waals surface area (Å²) in [4.78, 5) is 12.1. The van der Waals surface area contributed by atoms with Gasteiger partial charge in [0.05, 0.1) is 6.10 Å². The number of rotatable bonds is 1. The second-order valence-corrected chi connectivity index (χ2v) is 9.87. The van der Waals surface area contributed by atoms with Gasteiger partial charge in [-0.2, -0.15) is 0 Å². The van der Waals surface area contributed by atoms with Gasteiger partial charge >= 0.3 is 5.97 Å². The zero-order valence-electron chi connectivity index (χ0n) is 15.2. The Bertz CT molecular complexity index is 823. The third kappa shape index (κ3) is 1.14. The number of ether oxygens (including phenoxy) is 4. The summed E-state index contributed by atoms with van der Waals surface area (Å²) in [5, 5.41) is 0. The number of fused-ring (bicyclic) bond motifs is 4. The van der Waals surface area contributed by atoms with Crippen LogP contribution in [-0.4, -0.2) is 53.9 Å². The summed E-state index contributed by atoms with van der Waals surface area (Å²) in [6.07, 6.45) is 0.701. The Morgan fingerprint density at radius 2 is 2.00 bits per heavy atom. The molecule has 140 valence electrons. The maximum absolute atomic E-state index is 16.0. The molecule has 4 aliphatic heterocycles. The van der Waals surface area contributed by atoms with Crippen LogP contribution in [0, 0.1) is 17.3 Å². The van der Waals surface area contributed by atoms with Crippen LogP contribution >= 0.6 is 0 Å². The summed E-state index contributed by atoms with van der Waals surface area (Å²) < 4.78 is 40.0. The Kier molecular flexibility index (Phi) is 2.18. The molecular formula is C20H23FO5. The molecule has 5 fully saturated rings. The van der Waals surface area contributed by atoms with Crippen molar-refractivity contribution in [2.24, 2.45) is 17.3 Å². The third-order valence-corrected chi connectivity index (χ3v) is 9.04. The fourth-order valence-electron chi connectivity index (χ4n) is 7.63. The zero-order chi connectivity index (χ0) is 17.9. The first kappa shape index (κ1) is 15.0. The SMILES string of the molecule is CC(C)[C@]12O[C@H]1[C@H]1O[C@]13[C@]1(O[C@H]1C[C@H]1C4=C(CC[C@@]13C)C(=O)OC4)[C@H]2F. The second kappa shape index (κ2) is 3.78. The number of alkyl halides is 1. The van der Waals surface area contributed by atoms with Crippen LogP contribution in [-0.2, 0) is 23.7 Å². The highest BCUT2D eigenvalue weighted by Gasteiger charge is 3.00. The molecule has 7 aliphatic rings. The third-order valence-electron chi connectivity index (χ3n) is 9.04. The molecular weight excluding hydrogens is 339 g/mol. The van der Waals surface area contributed by atoms with Crippen LogP contribution in [0.15, 0.2) is 11.1 Å².